The monoisotopic (exact) mass is 264 g/mol. The molecular formula is C14H20N2O3. The van der Waals surface area contributed by atoms with Crippen molar-refractivity contribution in [2.45, 2.75) is 38.0 Å². The first kappa shape index (κ1) is 12.7. The summed E-state index contributed by atoms with van der Waals surface area (Å²) in [4.78, 5) is 15.9. The number of hydrogen-bond acceptors (Lipinski definition) is 3. The molecule has 5 heteroatoms. The lowest BCUT2D eigenvalue weighted by Crippen LogP contribution is -2.23. The van der Waals surface area contributed by atoms with E-state index in [4.69, 9.17) is 14.8 Å². The first-order chi connectivity index (χ1) is 9.16. The molecule has 3 rings (SSSR count). The molecule has 1 N–H and O–H groups in total. The lowest BCUT2D eigenvalue weighted by Gasteiger charge is -2.22. The molecule has 104 valence electrons. The van der Waals surface area contributed by atoms with E-state index in [0.29, 0.717) is 12.3 Å². The Kier molecular flexibility index (Phi) is 3.31. The molecule has 0 bridgehead atoms. The van der Waals surface area contributed by atoms with Crippen molar-refractivity contribution in [3.8, 4) is 0 Å². The second-order valence-corrected chi connectivity index (χ2v) is 5.59. The molecule has 5 nitrogen and oxygen atoms in total. The van der Waals surface area contributed by atoms with Crippen LogP contribution >= 0.6 is 0 Å². The molecule has 0 radical (unpaired) electrons. The third-order valence-electron chi connectivity index (χ3n) is 4.44. The normalized spacial score (nSPS) is 24.2. The van der Waals surface area contributed by atoms with Crippen molar-refractivity contribution in [3.63, 3.8) is 0 Å². The highest BCUT2D eigenvalue weighted by Gasteiger charge is 2.30. The molecule has 1 saturated heterocycles. The Morgan fingerprint density at radius 3 is 2.79 bits per heavy atom. The van der Waals surface area contributed by atoms with Crippen molar-refractivity contribution in [3.05, 3.63) is 17.2 Å². The van der Waals surface area contributed by atoms with E-state index in [2.05, 4.69) is 11.6 Å². The molecule has 19 heavy (non-hydrogen) atoms. The minimum Gasteiger partial charge on any atom is -0.481 e. The Balaban J connectivity index is 1.86. The third-order valence-corrected chi connectivity index (χ3v) is 4.44. The summed E-state index contributed by atoms with van der Waals surface area (Å²) in [6, 6.07) is 0. The van der Waals surface area contributed by atoms with E-state index >= 15 is 0 Å². The fraction of sp³-hybridized carbons (Fsp3) is 0.714. The largest absolute Gasteiger partial charge is 0.481 e. The van der Waals surface area contributed by atoms with Crippen molar-refractivity contribution < 1.29 is 14.6 Å². The van der Waals surface area contributed by atoms with Crippen molar-refractivity contribution in [2.75, 3.05) is 13.2 Å². The third kappa shape index (κ3) is 2.27. The Morgan fingerprint density at radius 1 is 1.37 bits per heavy atom. The summed E-state index contributed by atoms with van der Waals surface area (Å²) >= 11 is 0. The number of fused-ring (bicyclic) bond motifs is 1. The molecule has 1 fully saturated rings. The predicted molar refractivity (Wildman–Crippen MR) is 69.2 cm³/mol. The number of nitrogens with zero attached hydrogens (tertiary/aromatic N) is 2. The highest BCUT2D eigenvalue weighted by Crippen LogP contribution is 2.31. The molecule has 2 aliphatic rings. The molecule has 2 heterocycles. The van der Waals surface area contributed by atoms with E-state index in [-0.39, 0.29) is 5.92 Å². The Hall–Kier alpha value is -1.36. The number of imidazole rings is 1. The van der Waals surface area contributed by atoms with Crippen molar-refractivity contribution in [1.82, 2.24) is 9.55 Å². The van der Waals surface area contributed by atoms with Gasteiger partial charge in [-0.1, -0.05) is 0 Å². The molecule has 1 aliphatic carbocycles. The van der Waals surface area contributed by atoms with Crippen molar-refractivity contribution in [2.24, 2.45) is 13.0 Å². The summed E-state index contributed by atoms with van der Waals surface area (Å²) in [6.45, 7) is 1.61. The van der Waals surface area contributed by atoms with Gasteiger partial charge in [-0.05, 0) is 25.7 Å². The number of aliphatic carboxylic acids is 1. The van der Waals surface area contributed by atoms with Gasteiger partial charge in [0.15, 0.2) is 0 Å². The van der Waals surface area contributed by atoms with Gasteiger partial charge in [-0.25, -0.2) is 4.98 Å². The fourth-order valence-corrected chi connectivity index (χ4v) is 3.26. The summed E-state index contributed by atoms with van der Waals surface area (Å²) in [5.74, 6) is 0.640. The number of carboxylic acid groups (broad SMARTS) is 1. The van der Waals surface area contributed by atoms with Crippen LogP contribution in [0.25, 0.3) is 0 Å². The zero-order chi connectivity index (χ0) is 13.4. The van der Waals surface area contributed by atoms with E-state index in [1.807, 2.05) is 0 Å². The van der Waals surface area contributed by atoms with Crippen LogP contribution in [0, 0.1) is 5.92 Å². The van der Waals surface area contributed by atoms with Crippen LogP contribution in [0.2, 0.25) is 0 Å². The smallest absolute Gasteiger partial charge is 0.306 e. The molecule has 1 aromatic heterocycles. The lowest BCUT2D eigenvalue weighted by atomic mass is 9.90. The molecule has 0 amide bonds. The number of rotatable bonds is 2. The Morgan fingerprint density at radius 2 is 2.11 bits per heavy atom. The maximum Gasteiger partial charge on any atom is 0.306 e. The summed E-state index contributed by atoms with van der Waals surface area (Å²) < 4.78 is 7.59. The number of aromatic nitrogens is 2. The van der Waals surface area contributed by atoms with E-state index in [1.165, 1.54) is 5.69 Å². The van der Waals surface area contributed by atoms with E-state index < -0.39 is 5.97 Å². The van der Waals surface area contributed by atoms with Crippen LogP contribution in [0.1, 0.15) is 42.4 Å². The van der Waals surface area contributed by atoms with Crippen LogP contribution in [0.4, 0.5) is 0 Å². The SMILES string of the molecule is Cn1c(C2CCOCC2)nc2c1CCC(C(=O)O)C2. The molecule has 0 aromatic carbocycles. The number of ether oxygens (including phenoxy) is 1. The van der Waals surface area contributed by atoms with Gasteiger partial charge in [-0.3, -0.25) is 4.79 Å². The zero-order valence-corrected chi connectivity index (χ0v) is 11.3. The Labute approximate surface area is 112 Å². The second kappa shape index (κ2) is 4.96. The maximum absolute atomic E-state index is 11.1. The zero-order valence-electron chi connectivity index (χ0n) is 11.3. The summed E-state index contributed by atoms with van der Waals surface area (Å²) in [5.41, 5.74) is 2.24. The van der Waals surface area contributed by atoms with Gasteiger partial charge in [0, 0.05) is 38.3 Å². The quantitative estimate of drug-likeness (QED) is 0.879. The first-order valence-electron chi connectivity index (χ1n) is 7.01. The van der Waals surface area contributed by atoms with Crippen LogP contribution in [0.3, 0.4) is 0 Å². The molecule has 1 aliphatic heterocycles. The highest BCUT2D eigenvalue weighted by atomic mass is 16.5. The Bertz CT molecular complexity index is 489. The van der Waals surface area contributed by atoms with Crippen molar-refractivity contribution in [1.29, 1.82) is 0 Å². The van der Waals surface area contributed by atoms with Crippen molar-refractivity contribution >= 4 is 5.97 Å². The highest BCUT2D eigenvalue weighted by molar-refractivity contribution is 5.70. The average molecular weight is 264 g/mol. The van der Waals surface area contributed by atoms with E-state index in [9.17, 15) is 4.79 Å². The molecular weight excluding hydrogens is 244 g/mol. The van der Waals surface area contributed by atoms with Gasteiger partial charge in [-0.2, -0.15) is 0 Å². The molecule has 0 saturated carbocycles. The van der Waals surface area contributed by atoms with Crippen LogP contribution in [0.5, 0.6) is 0 Å². The lowest BCUT2D eigenvalue weighted by molar-refractivity contribution is -0.142. The maximum atomic E-state index is 11.1. The predicted octanol–water partition coefficient (Wildman–Crippen LogP) is 1.50. The van der Waals surface area contributed by atoms with Gasteiger partial charge in [0.1, 0.15) is 5.82 Å². The summed E-state index contributed by atoms with van der Waals surface area (Å²) in [7, 11) is 2.07. The summed E-state index contributed by atoms with van der Waals surface area (Å²) in [5, 5.41) is 9.14. The van der Waals surface area contributed by atoms with E-state index in [0.717, 1.165) is 50.4 Å². The fourth-order valence-electron chi connectivity index (χ4n) is 3.26. The van der Waals surface area contributed by atoms with Gasteiger partial charge in [0.25, 0.3) is 0 Å². The number of carbonyl (C=O) groups is 1. The van der Waals surface area contributed by atoms with Gasteiger partial charge in [0.05, 0.1) is 11.6 Å². The molecule has 1 aromatic rings. The minimum atomic E-state index is -0.691. The molecule has 1 atom stereocenters. The van der Waals surface area contributed by atoms with Crippen LogP contribution in [0.15, 0.2) is 0 Å². The standard InChI is InChI=1S/C14H20N2O3/c1-16-12-3-2-10(14(17)18)8-11(12)15-13(16)9-4-6-19-7-5-9/h9-10H,2-8H2,1H3,(H,17,18). The van der Waals surface area contributed by atoms with E-state index in [1.54, 1.807) is 0 Å². The average Bonchev–Trinajstić information content (AvgIpc) is 2.76. The molecule has 1 unspecified atom stereocenters. The van der Waals surface area contributed by atoms with Gasteiger partial charge < -0.3 is 14.4 Å². The minimum absolute atomic E-state index is 0.259. The van der Waals surface area contributed by atoms with Crippen LogP contribution < -0.4 is 0 Å². The van der Waals surface area contributed by atoms with Gasteiger partial charge in [-0.15, -0.1) is 0 Å². The van der Waals surface area contributed by atoms with Crippen LogP contribution in [-0.4, -0.2) is 33.8 Å². The summed E-state index contributed by atoms with van der Waals surface area (Å²) in [6.07, 6.45) is 4.19. The van der Waals surface area contributed by atoms with Gasteiger partial charge >= 0.3 is 5.97 Å². The number of carboxylic acids is 1. The van der Waals surface area contributed by atoms with Crippen LogP contribution in [-0.2, 0) is 29.4 Å². The first-order valence-corrected chi connectivity index (χ1v) is 7.01. The molecule has 0 spiro atoms. The van der Waals surface area contributed by atoms with Gasteiger partial charge in [0.2, 0.25) is 0 Å². The number of hydrogen-bond donors (Lipinski definition) is 1. The topological polar surface area (TPSA) is 64.4 Å². The second-order valence-electron chi connectivity index (χ2n) is 5.59.